The summed E-state index contributed by atoms with van der Waals surface area (Å²) >= 11 is 0. The molecule has 14 heavy (non-hydrogen) atoms. The molecule has 2 rings (SSSR count). The Morgan fingerprint density at radius 2 is 2.21 bits per heavy atom. The van der Waals surface area contributed by atoms with Crippen LogP contribution in [-0.4, -0.2) is 29.4 Å². The third-order valence-corrected chi connectivity index (χ3v) is 2.64. The van der Waals surface area contributed by atoms with Crippen LogP contribution in [0.25, 0.3) is 0 Å². The van der Waals surface area contributed by atoms with Crippen LogP contribution in [0, 0.1) is 11.3 Å². The Kier molecular flexibility index (Phi) is 2.11. The highest BCUT2D eigenvalue weighted by Crippen LogP contribution is 2.22. The number of carbonyl (C=O) groups excluding carboxylic acids is 1. The molecule has 2 unspecified atom stereocenters. The zero-order valence-corrected chi connectivity index (χ0v) is 8.03. The van der Waals surface area contributed by atoms with E-state index >= 15 is 0 Å². The van der Waals surface area contributed by atoms with Gasteiger partial charge in [-0.3, -0.25) is 10.7 Å². The Balaban J connectivity index is 2.30. The van der Waals surface area contributed by atoms with Crippen molar-refractivity contribution in [3.05, 3.63) is 24.3 Å². The van der Waals surface area contributed by atoms with Gasteiger partial charge < -0.3 is 4.90 Å². The van der Waals surface area contributed by atoms with Gasteiger partial charge in [0, 0.05) is 6.54 Å². The van der Waals surface area contributed by atoms with Gasteiger partial charge in [-0.15, -0.1) is 0 Å². The van der Waals surface area contributed by atoms with Gasteiger partial charge in [0.2, 0.25) is 0 Å². The number of allylic oxidation sites excluding steroid dienone is 2. The Bertz CT molecular complexity index is 332. The predicted octanol–water partition coefficient (Wildman–Crippen LogP) is 1.12. The molecule has 2 amide bonds. The zero-order valence-electron chi connectivity index (χ0n) is 8.03. The lowest BCUT2D eigenvalue weighted by Crippen LogP contribution is -2.59. The van der Waals surface area contributed by atoms with E-state index < -0.39 is 0 Å². The van der Waals surface area contributed by atoms with Crippen LogP contribution in [0.1, 0.15) is 6.92 Å². The monoisotopic (exact) mass is 191 g/mol. The van der Waals surface area contributed by atoms with Gasteiger partial charge in [0.25, 0.3) is 0 Å². The molecule has 1 heterocycles. The van der Waals surface area contributed by atoms with Crippen LogP contribution >= 0.6 is 0 Å². The minimum absolute atomic E-state index is 0.00218. The molecule has 0 bridgehead atoms. The van der Waals surface area contributed by atoms with Crippen molar-refractivity contribution < 1.29 is 4.79 Å². The molecule has 1 aliphatic carbocycles. The fourth-order valence-corrected chi connectivity index (χ4v) is 1.92. The molecule has 1 fully saturated rings. The van der Waals surface area contributed by atoms with Gasteiger partial charge in [-0.1, -0.05) is 24.3 Å². The van der Waals surface area contributed by atoms with Crippen LogP contribution in [0.5, 0.6) is 0 Å². The second kappa shape index (κ2) is 3.29. The normalized spacial score (nSPS) is 30.2. The Morgan fingerprint density at radius 1 is 1.50 bits per heavy atom. The average Bonchev–Trinajstić information content (AvgIpc) is 2.18. The van der Waals surface area contributed by atoms with Crippen molar-refractivity contribution in [3.8, 4) is 0 Å². The molecule has 2 aliphatic rings. The van der Waals surface area contributed by atoms with E-state index in [2.05, 4.69) is 5.32 Å². The van der Waals surface area contributed by atoms with Crippen LogP contribution in [0.4, 0.5) is 4.79 Å². The third-order valence-electron chi connectivity index (χ3n) is 2.64. The van der Waals surface area contributed by atoms with E-state index in [1.54, 1.807) is 4.90 Å². The number of amidine groups is 1. The number of carbonyl (C=O) groups is 1. The highest BCUT2D eigenvalue weighted by molar-refractivity contribution is 6.01. The van der Waals surface area contributed by atoms with Gasteiger partial charge in [-0.05, 0) is 6.92 Å². The SMILES string of the molecule is CCN1C(=O)NC(=N)C2C=CC=CC21. The van der Waals surface area contributed by atoms with Crippen LogP contribution in [0.3, 0.4) is 0 Å². The van der Waals surface area contributed by atoms with Crippen LogP contribution in [0.15, 0.2) is 24.3 Å². The number of likely N-dealkylation sites (N-methyl/N-ethyl adjacent to an activating group) is 1. The lowest BCUT2D eigenvalue weighted by atomic mass is 9.91. The smallest absolute Gasteiger partial charge is 0.317 e. The fraction of sp³-hybridized carbons (Fsp3) is 0.400. The predicted molar refractivity (Wildman–Crippen MR) is 54.2 cm³/mol. The summed E-state index contributed by atoms with van der Waals surface area (Å²) in [5.41, 5.74) is 0. The number of nitrogens with zero attached hydrogens (tertiary/aromatic N) is 1. The zero-order chi connectivity index (χ0) is 10.1. The first-order chi connectivity index (χ1) is 6.74. The van der Waals surface area contributed by atoms with Crippen LogP contribution < -0.4 is 5.32 Å². The molecule has 0 aromatic carbocycles. The largest absolute Gasteiger partial charge is 0.323 e. The van der Waals surface area contributed by atoms with Gasteiger partial charge in [0.05, 0.1) is 12.0 Å². The van der Waals surface area contributed by atoms with E-state index in [4.69, 9.17) is 5.41 Å². The van der Waals surface area contributed by atoms with Crippen LogP contribution in [0.2, 0.25) is 0 Å². The summed E-state index contributed by atoms with van der Waals surface area (Å²) in [5, 5.41) is 10.2. The van der Waals surface area contributed by atoms with Gasteiger partial charge >= 0.3 is 6.03 Å². The summed E-state index contributed by atoms with van der Waals surface area (Å²) in [4.78, 5) is 13.2. The van der Waals surface area contributed by atoms with Gasteiger partial charge in [-0.2, -0.15) is 0 Å². The summed E-state index contributed by atoms with van der Waals surface area (Å²) < 4.78 is 0. The molecular weight excluding hydrogens is 178 g/mol. The first-order valence-electron chi connectivity index (χ1n) is 4.75. The molecule has 4 nitrogen and oxygen atoms in total. The number of hydrogen-bond acceptors (Lipinski definition) is 2. The number of hydrogen-bond donors (Lipinski definition) is 2. The maximum Gasteiger partial charge on any atom is 0.323 e. The highest BCUT2D eigenvalue weighted by atomic mass is 16.2. The highest BCUT2D eigenvalue weighted by Gasteiger charge is 2.36. The maximum atomic E-state index is 11.5. The lowest BCUT2D eigenvalue weighted by Gasteiger charge is -2.39. The standard InChI is InChI=1S/C10H13N3O/c1-2-13-8-6-4-3-5-7(8)9(11)12-10(13)14/h3-8H,2H2,1H3,(H2,11,12,14). The van der Waals surface area contributed by atoms with Crippen LogP contribution in [-0.2, 0) is 0 Å². The molecule has 0 aromatic rings. The Labute approximate surface area is 82.8 Å². The lowest BCUT2D eigenvalue weighted by molar-refractivity contribution is 0.180. The van der Waals surface area contributed by atoms with E-state index in [0.717, 1.165) is 0 Å². The van der Waals surface area contributed by atoms with Crippen molar-refractivity contribution >= 4 is 11.9 Å². The second-order valence-electron chi connectivity index (χ2n) is 3.42. The summed E-state index contributed by atoms with van der Waals surface area (Å²) in [6.45, 7) is 2.61. The van der Waals surface area contributed by atoms with E-state index in [9.17, 15) is 4.79 Å². The van der Waals surface area contributed by atoms with E-state index in [1.165, 1.54) is 0 Å². The molecule has 2 atom stereocenters. The van der Waals surface area contributed by atoms with Crippen molar-refractivity contribution in [3.63, 3.8) is 0 Å². The van der Waals surface area contributed by atoms with Crippen molar-refractivity contribution in [1.82, 2.24) is 10.2 Å². The molecule has 74 valence electrons. The number of nitrogens with one attached hydrogen (secondary N) is 2. The molecule has 0 radical (unpaired) electrons. The van der Waals surface area contributed by atoms with Crippen molar-refractivity contribution in [2.24, 2.45) is 5.92 Å². The molecule has 0 saturated carbocycles. The van der Waals surface area contributed by atoms with Gasteiger partial charge in [0.1, 0.15) is 5.84 Å². The van der Waals surface area contributed by atoms with Crippen molar-refractivity contribution in [2.75, 3.05) is 6.54 Å². The molecule has 0 spiro atoms. The quantitative estimate of drug-likeness (QED) is 0.641. The second-order valence-corrected chi connectivity index (χ2v) is 3.42. The Hall–Kier alpha value is -1.58. The first-order valence-corrected chi connectivity index (χ1v) is 4.75. The number of fused-ring (bicyclic) bond motifs is 1. The summed E-state index contributed by atoms with van der Waals surface area (Å²) in [7, 11) is 0. The minimum atomic E-state index is -0.168. The summed E-state index contributed by atoms with van der Waals surface area (Å²) in [6, 6.07) is -0.148. The van der Waals surface area contributed by atoms with Crippen molar-refractivity contribution in [1.29, 1.82) is 5.41 Å². The maximum absolute atomic E-state index is 11.5. The molecule has 0 aromatic heterocycles. The molecule has 2 N–H and O–H groups in total. The molecule has 1 saturated heterocycles. The molecule has 1 aliphatic heterocycles. The average molecular weight is 191 g/mol. The fourth-order valence-electron chi connectivity index (χ4n) is 1.92. The topological polar surface area (TPSA) is 56.2 Å². The van der Waals surface area contributed by atoms with E-state index in [0.29, 0.717) is 12.4 Å². The molecular formula is C10H13N3O. The summed E-state index contributed by atoms with van der Waals surface area (Å²) in [5.74, 6) is 0.294. The minimum Gasteiger partial charge on any atom is -0.317 e. The summed E-state index contributed by atoms with van der Waals surface area (Å²) in [6.07, 6.45) is 7.77. The van der Waals surface area contributed by atoms with E-state index in [-0.39, 0.29) is 18.0 Å². The molecule has 4 heteroatoms. The van der Waals surface area contributed by atoms with Gasteiger partial charge in [0.15, 0.2) is 0 Å². The Morgan fingerprint density at radius 3 is 2.93 bits per heavy atom. The van der Waals surface area contributed by atoms with Crippen molar-refractivity contribution in [2.45, 2.75) is 13.0 Å². The first kappa shape index (κ1) is 8.99. The number of amides is 2. The van der Waals surface area contributed by atoms with Gasteiger partial charge in [-0.25, -0.2) is 4.79 Å². The number of rotatable bonds is 1. The number of urea groups is 1. The third kappa shape index (κ3) is 1.23. The van der Waals surface area contributed by atoms with E-state index in [1.807, 2.05) is 31.2 Å².